The van der Waals surface area contributed by atoms with Crippen molar-refractivity contribution in [3.05, 3.63) is 59.8 Å². The summed E-state index contributed by atoms with van der Waals surface area (Å²) < 4.78 is 13.0. The second-order valence-corrected chi connectivity index (χ2v) is 7.31. The van der Waals surface area contributed by atoms with Gasteiger partial charge in [-0.15, -0.1) is 0 Å². The van der Waals surface area contributed by atoms with Crippen molar-refractivity contribution in [3.8, 4) is 11.5 Å². The van der Waals surface area contributed by atoms with Crippen molar-refractivity contribution in [1.29, 1.82) is 0 Å². The van der Waals surface area contributed by atoms with Crippen LogP contribution in [0.2, 0.25) is 0 Å². The number of carbonyl (C=O) groups excluding carboxylic acids is 1. The molecule has 3 aromatic rings. The number of rotatable bonds is 7. The third kappa shape index (κ3) is 3.98. The number of para-hydroxylation sites is 1. The average Bonchev–Trinajstić information content (AvgIpc) is 3.02. The predicted molar refractivity (Wildman–Crippen MR) is 112 cm³/mol. The Labute approximate surface area is 166 Å². The van der Waals surface area contributed by atoms with E-state index in [2.05, 4.69) is 28.2 Å². The summed E-state index contributed by atoms with van der Waals surface area (Å²) in [5, 5.41) is 4.17. The molecular formula is C23H28N2O3. The first-order chi connectivity index (χ1) is 13.4. The third-order valence-electron chi connectivity index (χ3n) is 4.95. The van der Waals surface area contributed by atoms with Gasteiger partial charge in [0.2, 0.25) is 5.91 Å². The lowest BCUT2D eigenvalue weighted by molar-refractivity contribution is -0.121. The average molecular weight is 380 g/mol. The molecule has 1 atom stereocenters. The molecule has 0 aliphatic carbocycles. The molecular weight excluding hydrogens is 352 g/mol. The van der Waals surface area contributed by atoms with Crippen LogP contribution in [0, 0.1) is 0 Å². The van der Waals surface area contributed by atoms with Gasteiger partial charge in [0.05, 0.1) is 14.2 Å². The van der Waals surface area contributed by atoms with Gasteiger partial charge >= 0.3 is 0 Å². The molecule has 28 heavy (non-hydrogen) atoms. The van der Waals surface area contributed by atoms with E-state index in [0.29, 0.717) is 17.9 Å². The van der Waals surface area contributed by atoms with E-state index in [1.807, 2.05) is 51.2 Å². The minimum Gasteiger partial charge on any atom is -0.493 e. The van der Waals surface area contributed by atoms with Gasteiger partial charge in [0.15, 0.2) is 11.5 Å². The quantitative estimate of drug-likeness (QED) is 0.667. The summed E-state index contributed by atoms with van der Waals surface area (Å²) in [6.07, 6.45) is 2.48. The topological polar surface area (TPSA) is 52.5 Å². The molecule has 0 aliphatic rings. The Morgan fingerprint density at radius 3 is 2.46 bits per heavy atom. The van der Waals surface area contributed by atoms with Gasteiger partial charge in [0.1, 0.15) is 0 Å². The minimum atomic E-state index is -0.0929. The summed E-state index contributed by atoms with van der Waals surface area (Å²) in [4.78, 5) is 12.7. The van der Waals surface area contributed by atoms with Crippen molar-refractivity contribution in [2.75, 3.05) is 14.2 Å². The third-order valence-corrected chi connectivity index (χ3v) is 4.95. The van der Waals surface area contributed by atoms with Crippen LogP contribution in [-0.2, 0) is 11.8 Å². The second kappa shape index (κ2) is 8.38. The normalized spacial score (nSPS) is 12.2. The van der Waals surface area contributed by atoms with Crippen LogP contribution in [0.4, 0.5) is 0 Å². The smallest absolute Gasteiger partial charge is 0.221 e. The maximum absolute atomic E-state index is 12.7. The Balaban J connectivity index is 2.11. The zero-order valence-corrected chi connectivity index (χ0v) is 17.2. The molecule has 0 unspecified atom stereocenters. The molecule has 3 rings (SSSR count). The fourth-order valence-corrected chi connectivity index (χ4v) is 3.69. The molecule has 1 heterocycles. The summed E-state index contributed by atoms with van der Waals surface area (Å²) in [5.41, 5.74) is 3.30. The zero-order valence-electron chi connectivity index (χ0n) is 17.2. The van der Waals surface area contributed by atoms with Crippen molar-refractivity contribution in [2.45, 2.75) is 32.2 Å². The number of nitrogens with one attached hydrogen (secondary N) is 1. The summed E-state index contributed by atoms with van der Waals surface area (Å²) >= 11 is 0. The number of fused-ring (bicyclic) bond motifs is 1. The lowest BCUT2D eigenvalue weighted by Crippen LogP contribution is -2.31. The second-order valence-electron chi connectivity index (χ2n) is 7.31. The number of aromatic nitrogens is 1. The lowest BCUT2D eigenvalue weighted by atomic mass is 9.87. The molecule has 5 heteroatoms. The van der Waals surface area contributed by atoms with Crippen molar-refractivity contribution in [1.82, 2.24) is 9.88 Å². The summed E-state index contributed by atoms with van der Waals surface area (Å²) in [6, 6.07) is 14.2. The van der Waals surface area contributed by atoms with Gasteiger partial charge in [0.25, 0.3) is 0 Å². The van der Waals surface area contributed by atoms with Crippen LogP contribution in [0.1, 0.15) is 37.3 Å². The van der Waals surface area contributed by atoms with Crippen molar-refractivity contribution in [3.63, 3.8) is 0 Å². The Hall–Kier alpha value is -2.95. The largest absolute Gasteiger partial charge is 0.493 e. The van der Waals surface area contributed by atoms with Gasteiger partial charge in [-0.05, 0) is 43.2 Å². The molecule has 1 amide bonds. The van der Waals surface area contributed by atoms with Gasteiger partial charge in [-0.25, -0.2) is 0 Å². The molecule has 5 nitrogen and oxygen atoms in total. The van der Waals surface area contributed by atoms with Crippen LogP contribution in [0.3, 0.4) is 0 Å². The molecule has 0 radical (unpaired) electrons. The van der Waals surface area contributed by atoms with E-state index in [1.54, 1.807) is 14.2 Å². The van der Waals surface area contributed by atoms with Crippen LogP contribution in [0.5, 0.6) is 11.5 Å². The van der Waals surface area contributed by atoms with Gasteiger partial charge in [-0.1, -0.05) is 24.3 Å². The highest BCUT2D eigenvalue weighted by molar-refractivity contribution is 5.86. The van der Waals surface area contributed by atoms with Crippen molar-refractivity contribution >= 4 is 16.8 Å². The number of hydrogen-bond donors (Lipinski definition) is 1. The number of benzene rings is 2. The summed E-state index contributed by atoms with van der Waals surface area (Å²) in [6.45, 7) is 3.95. The van der Waals surface area contributed by atoms with Gasteiger partial charge < -0.3 is 19.4 Å². The number of carbonyl (C=O) groups is 1. The molecule has 0 aliphatic heterocycles. The van der Waals surface area contributed by atoms with Crippen LogP contribution >= 0.6 is 0 Å². The minimum absolute atomic E-state index is 0.0303. The fraction of sp³-hybridized carbons (Fsp3) is 0.348. The van der Waals surface area contributed by atoms with Crippen LogP contribution in [0.15, 0.2) is 48.7 Å². The molecule has 2 aromatic carbocycles. The van der Waals surface area contributed by atoms with Gasteiger partial charge in [-0.3, -0.25) is 4.79 Å². The Bertz CT molecular complexity index is 975. The van der Waals surface area contributed by atoms with E-state index in [4.69, 9.17) is 9.47 Å². The maximum atomic E-state index is 12.7. The number of nitrogens with zero attached hydrogens (tertiary/aromatic N) is 1. The Morgan fingerprint density at radius 1 is 1.07 bits per heavy atom. The molecule has 1 N–H and O–H groups in total. The molecule has 0 spiro atoms. The van der Waals surface area contributed by atoms with E-state index < -0.39 is 0 Å². The molecule has 1 aromatic heterocycles. The molecule has 0 fully saturated rings. The van der Waals surface area contributed by atoms with Crippen LogP contribution in [-0.4, -0.2) is 30.7 Å². The summed E-state index contributed by atoms with van der Waals surface area (Å²) in [5.74, 6) is 1.27. The first-order valence-corrected chi connectivity index (χ1v) is 9.49. The first-order valence-electron chi connectivity index (χ1n) is 9.49. The standard InChI is InChI=1S/C23H28N2O3/c1-15(2)24-23(26)13-18(16-10-11-21(27-4)22(12-16)28-5)19-14-25(3)20-9-7-6-8-17(19)20/h6-12,14-15,18H,13H2,1-5H3,(H,24,26)/t18-/m1/s1. The van der Waals surface area contributed by atoms with E-state index in [9.17, 15) is 4.79 Å². The number of ether oxygens (including phenoxy) is 2. The van der Waals surface area contributed by atoms with Crippen molar-refractivity contribution < 1.29 is 14.3 Å². The van der Waals surface area contributed by atoms with E-state index in [0.717, 1.165) is 22.0 Å². The number of aryl methyl sites for hydroxylation is 1. The highest BCUT2D eigenvalue weighted by Gasteiger charge is 2.23. The number of hydrogen-bond acceptors (Lipinski definition) is 3. The highest BCUT2D eigenvalue weighted by atomic mass is 16.5. The Kier molecular flexibility index (Phi) is 5.93. The van der Waals surface area contributed by atoms with Gasteiger partial charge in [0, 0.05) is 42.5 Å². The maximum Gasteiger partial charge on any atom is 0.221 e. The van der Waals surface area contributed by atoms with E-state index in [1.165, 1.54) is 0 Å². The highest BCUT2D eigenvalue weighted by Crippen LogP contribution is 2.38. The molecule has 148 valence electrons. The SMILES string of the molecule is COc1ccc([C@@H](CC(=O)NC(C)C)c2cn(C)c3ccccc23)cc1OC. The Morgan fingerprint density at radius 2 is 1.79 bits per heavy atom. The molecule has 0 bridgehead atoms. The first kappa shape index (κ1) is 19.8. The number of amides is 1. The van der Waals surface area contributed by atoms with E-state index >= 15 is 0 Å². The number of methoxy groups -OCH3 is 2. The lowest BCUT2D eigenvalue weighted by Gasteiger charge is -2.20. The van der Waals surface area contributed by atoms with Crippen LogP contribution in [0.25, 0.3) is 10.9 Å². The molecule has 0 saturated heterocycles. The van der Waals surface area contributed by atoms with E-state index in [-0.39, 0.29) is 17.9 Å². The van der Waals surface area contributed by atoms with Crippen molar-refractivity contribution in [2.24, 2.45) is 7.05 Å². The zero-order chi connectivity index (χ0) is 20.3. The fourth-order valence-electron chi connectivity index (χ4n) is 3.69. The van der Waals surface area contributed by atoms with Gasteiger partial charge in [-0.2, -0.15) is 0 Å². The summed E-state index contributed by atoms with van der Waals surface area (Å²) in [7, 11) is 5.28. The monoisotopic (exact) mass is 380 g/mol. The molecule has 0 saturated carbocycles. The predicted octanol–water partition coefficient (Wildman–Crippen LogP) is 4.24. The van der Waals surface area contributed by atoms with Crippen LogP contribution < -0.4 is 14.8 Å².